The van der Waals surface area contributed by atoms with E-state index in [2.05, 4.69) is 0 Å². The van der Waals surface area contributed by atoms with Crippen LogP contribution in [-0.2, 0) is 10.0 Å². The third kappa shape index (κ3) is 4.38. The van der Waals surface area contributed by atoms with Crippen LogP contribution in [0.5, 0.6) is 11.5 Å². The number of hydrogen-bond donors (Lipinski definition) is 0. The van der Waals surface area contributed by atoms with Gasteiger partial charge in [-0.2, -0.15) is 4.31 Å². The molecule has 2 aromatic rings. The Labute approximate surface area is 181 Å². The van der Waals surface area contributed by atoms with Crippen LogP contribution in [0, 0.1) is 5.82 Å². The fourth-order valence-corrected chi connectivity index (χ4v) is 5.45. The molecule has 0 spiro atoms. The largest absolute Gasteiger partial charge is 0.486 e. The topological polar surface area (TPSA) is 76.1 Å². The molecule has 9 heteroatoms. The molecular formula is C22H25FN2O5S. The maximum absolute atomic E-state index is 14.4. The fraction of sp³-hybridized carbons (Fsp3) is 0.409. The molecule has 2 aliphatic heterocycles. The maximum Gasteiger partial charge on any atom is 0.254 e. The van der Waals surface area contributed by atoms with E-state index in [0.29, 0.717) is 37.7 Å². The van der Waals surface area contributed by atoms with Crippen LogP contribution in [0.1, 0.15) is 30.1 Å². The van der Waals surface area contributed by atoms with Gasteiger partial charge in [-0.3, -0.25) is 4.79 Å². The number of sulfonamides is 1. The number of carbonyl (C=O) groups is 1. The summed E-state index contributed by atoms with van der Waals surface area (Å²) in [6, 6.07) is 10.8. The molecule has 0 aromatic heterocycles. The molecule has 1 fully saturated rings. The number of carbonyl (C=O) groups excluding carboxylic acids is 1. The number of ether oxygens (including phenoxy) is 2. The van der Waals surface area contributed by atoms with Gasteiger partial charge in [-0.1, -0.05) is 12.1 Å². The minimum absolute atomic E-state index is 0.123. The number of para-hydroxylation sites is 2. The van der Waals surface area contributed by atoms with Gasteiger partial charge in [-0.05, 0) is 50.1 Å². The monoisotopic (exact) mass is 448 g/mol. The first-order valence-electron chi connectivity index (χ1n) is 10.4. The van der Waals surface area contributed by atoms with Gasteiger partial charge in [-0.15, -0.1) is 0 Å². The van der Waals surface area contributed by atoms with E-state index < -0.39 is 20.7 Å². The number of nitrogens with zero attached hydrogens (tertiary/aromatic N) is 2. The van der Waals surface area contributed by atoms with Crippen molar-refractivity contribution in [3.63, 3.8) is 0 Å². The van der Waals surface area contributed by atoms with E-state index in [4.69, 9.17) is 9.47 Å². The third-order valence-electron chi connectivity index (χ3n) is 5.52. The Kier molecular flexibility index (Phi) is 6.15. The molecule has 1 saturated heterocycles. The molecule has 1 atom stereocenters. The maximum atomic E-state index is 14.4. The zero-order chi connectivity index (χ0) is 22.0. The predicted octanol–water partition coefficient (Wildman–Crippen LogP) is 2.91. The first-order valence-corrected chi connectivity index (χ1v) is 11.8. The second-order valence-corrected chi connectivity index (χ2v) is 9.50. The molecule has 7 nitrogen and oxygen atoms in total. The van der Waals surface area contributed by atoms with Crippen molar-refractivity contribution in [3.05, 3.63) is 53.8 Å². The molecule has 0 bridgehead atoms. The van der Waals surface area contributed by atoms with Crippen LogP contribution in [0.15, 0.2) is 47.4 Å². The molecule has 2 aliphatic rings. The molecule has 2 aromatic carbocycles. The molecule has 1 unspecified atom stereocenters. The lowest BCUT2D eigenvalue weighted by Crippen LogP contribution is -2.43. The van der Waals surface area contributed by atoms with Crippen LogP contribution in [0.4, 0.5) is 4.39 Å². The van der Waals surface area contributed by atoms with E-state index in [9.17, 15) is 17.6 Å². The number of halogens is 1. The molecule has 2 heterocycles. The Morgan fingerprint density at radius 2 is 1.87 bits per heavy atom. The van der Waals surface area contributed by atoms with Crippen LogP contribution in [0.3, 0.4) is 0 Å². The summed E-state index contributed by atoms with van der Waals surface area (Å²) in [6.07, 6.45) is 1.12. The van der Waals surface area contributed by atoms with E-state index in [-0.39, 0.29) is 24.1 Å². The van der Waals surface area contributed by atoms with Gasteiger partial charge in [0.05, 0.1) is 6.54 Å². The molecule has 0 radical (unpaired) electrons. The predicted molar refractivity (Wildman–Crippen MR) is 112 cm³/mol. The van der Waals surface area contributed by atoms with Crippen LogP contribution in [0.25, 0.3) is 0 Å². The van der Waals surface area contributed by atoms with Crippen molar-refractivity contribution < 1.29 is 27.1 Å². The van der Waals surface area contributed by atoms with E-state index in [1.807, 2.05) is 25.1 Å². The highest BCUT2D eigenvalue weighted by Gasteiger charge is 2.31. The number of rotatable bonds is 6. The lowest BCUT2D eigenvalue weighted by atomic mass is 10.1. The molecule has 166 valence electrons. The van der Waals surface area contributed by atoms with Gasteiger partial charge in [0.25, 0.3) is 5.91 Å². The van der Waals surface area contributed by atoms with Gasteiger partial charge in [-0.25, -0.2) is 12.8 Å². The molecule has 31 heavy (non-hydrogen) atoms. The number of likely N-dealkylation sites (N-methyl/N-ethyl adjacent to an activating group) is 1. The zero-order valence-corrected chi connectivity index (χ0v) is 18.1. The average Bonchev–Trinajstić information content (AvgIpc) is 3.33. The lowest BCUT2D eigenvalue weighted by Gasteiger charge is -2.31. The quantitative estimate of drug-likeness (QED) is 0.679. The molecule has 4 rings (SSSR count). The SMILES string of the molecule is CCN(CC1COc2ccccc2O1)C(=O)c1ccc(F)c(S(=O)(=O)N2CCCC2)c1. The highest BCUT2D eigenvalue weighted by molar-refractivity contribution is 7.89. The van der Waals surface area contributed by atoms with Crippen molar-refractivity contribution in [3.8, 4) is 11.5 Å². The van der Waals surface area contributed by atoms with Gasteiger partial charge in [0, 0.05) is 25.2 Å². The Morgan fingerprint density at radius 3 is 2.58 bits per heavy atom. The van der Waals surface area contributed by atoms with Gasteiger partial charge in [0.15, 0.2) is 17.6 Å². The second kappa shape index (κ2) is 8.84. The first kappa shape index (κ1) is 21.6. The van der Waals surface area contributed by atoms with Crippen LogP contribution >= 0.6 is 0 Å². The number of amides is 1. The molecule has 0 N–H and O–H groups in total. The van der Waals surface area contributed by atoms with Crippen molar-refractivity contribution >= 4 is 15.9 Å². The zero-order valence-electron chi connectivity index (χ0n) is 17.3. The standard InChI is InChI=1S/C22H25FN2O5S/c1-2-24(14-17-15-29-19-7-3-4-8-20(19)30-17)22(26)16-9-10-18(23)21(13-16)31(27,28)25-11-5-6-12-25/h3-4,7-10,13,17H,2,5-6,11-12,14-15H2,1H3. The number of hydrogen-bond acceptors (Lipinski definition) is 5. The van der Waals surface area contributed by atoms with E-state index in [1.165, 1.54) is 10.4 Å². The Morgan fingerprint density at radius 1 is 1.16 bits per heavy atom. The van der Waals surface area contributed by atoms with Crippen molar-refractivity contribution in [1.29, 1.82) is 0 Å². The minimum Gasteiger partial charge on any atom is -0.486 e. The Balaban J connectivity index is 1.53. The molecular weight excluding hydrogens is 423 g/mol. The van der Waals surface area contributed by atoms with Crippen molar-refractivity contribution in [2.45, 2.75) is 30.8 Å². The summed E-state index contributed by atoms with van der Waals surface area (Å²) in [5.74, 6) is 0.0291. The van der Waals surface area contributed by atoms with Crippen LogP contribution < -0.4 is 9.47 Å². The second-order valence-electron chi connectivity index (χ2n) is 7.60. The number of fused-ring (bicyclic) bond motifs is 1. The summed E-state index contributed by atoms with van der Waals surface area (Å²) in [7, 11) is -3.98. The third-order valence-corrected chi connectivity index (χ3v) is 7.44. The van der Waals surface area contributed by atoms with Gasteiger partial charge in [0.1, 0.15) is 17.3 Å². The fourth-order valence-electron chi connectivity index (χ4n) is 3.84. The summed E-state index contributed by atoms with van der Waals surface area (Å²) >= 11 is 0. The summed E-state index contributed by atoms with van der Waals surface area (Å²) in [5, 5.41) is 0. The first-order chi connectivity index (χ1) is 14.9. The van der Waals surface area contributed by atoms with Crippen molar-refractivity contribution in [2.75, 3.05) is 32.8 Å². The number of benzene rings is 2. The summed E-state index contributed by atoms with van der Waals surface area (Å²) in [6.45, 7) is 3.48. The lowest BCUT2D eigenvalue weighted by molar-refractivity contribution is 0.0474. The molecule has 1 amide bonds. The summed E-state index contributed by atoms with van der Waals surface area (Å²) in [4.78, 5) is 14.2. The molecule has 0 saturated carbocycles. The normalized spacial score (nSPS) is 18.7. The smallest absolute Gasteiger partial charge is 0.254 e. The van der Waals surface area contributed by atoms with Crippen molar-refractivity contribution in [2.24, 2.45) is 0 Å². The summed E-state index contributed by atoms with van der Waals surface area (Å²) in [5.41, 5.74) is 0.123. The molecule has 0 aliphatic carbocycles. The highest BCUT2D eigenvalue weighted by atomic mass is 32.2. The summed E-state index contributed by atoms with van der Waals surface area (Å²) < 4.78 is 53.0. The average molecular weight is 449 g/mol. The van der Waals surface area contributed by atoms with Gasteiger partial charge in [0.2, 0.25) is 10.0 Å². The van der Waals surface area contributed by atoms with Gasteiger partial charge < -0.3 is 14.4 Å². The van der Waals surface area contributed by atoms with E-state index in [0.717, 1.165) is 25.0 Å². The van der Waals surface area contributed by atoms with Crippen LogP contribution in [0.2, 0.25) is 0 Å². The minimum atomic E-state index is -3.98. The Hall–Kier alpha value is -2.65. The highest BCUT2D eigenvalue weighted by Crippen LogP contribution is 2.31. The van der Waals surface area contributed by atoms with E-state index in [1.54, 1.807) is 11.0 Å². The Bertz CT molecular complexity index is 1070. The van der Waals surface area contributed by atoms with Crippen LogP contribution in [-0.4, -0.2) is 62.4 Å². The van der Waals surface area contributed by atoms with Crippen molar-refractivity contribution in [1.82, 2.24) is 9.21 Å². The van der Waals surface area contributed by atoms with E-state index >= 15 is 0 Å². The van der Waals surface area contributed by atoms with Gasteiger partial charge >= 0.3 is 0 Å².